The van der Waals surface area contributed by atoms with Gasteiger partial charge in [0.05, 0.1) is 27.7 Å². The molecule has 2 aromatic carbocycles. The number of hydrogen-bond donors (Lipinski definition) is 3. The van der Waals surface area contributed by atoms with Crippen LogP contribution in [0.4, 0.5) is 5.82 Å². The van der Waals surface area contributed by atoms with Gasteiger partial charge in [-0.1, -0.05) is 52.6 Å². The molecular formula is C20H16Cl2N6O3. The van der Waals surface area contributed by atoms with Gasteiger partial charge in [-0.05, 0) is 18.2 Å². The molecule has 9 nitrogen and oxygen atoms in total. The van der Waals surface area contributed by atoms with Crippen LogP contribution < -0.4 is 16.2 Å². The first-order valence-corrected chi connectivity index (χ1v) is 10.0. The average molecular weight is 459 g/mol. The summed E-state index contributed by atoms with van der Waals surface area (Å²) in [6.45, 7) is 0.131. The summed E-state index contributed by atoms with van der Waals surface area (Å²) in [6, 6.07) is 12.1. The summed E-state index contributed by atoms with van der Waals surface area (Å²) in [4.78, 5) is 28.2. The second-order valence-corrected chi connectivity index (χ2v) is 7.32. The van der Waals surface area contributed by atoms with E-state index in [2.05, 4.69) is 31.0 Å². The van der Waals surface area contributed by atoms with Gasteiger partial charge in [-0.15, -0.1) is 0 Å². The molecule has 31 heavy (non-hydrogen) atoms. The molecular weight excluding hydrogens is 443 g/mol. The molecule has 4 rings (SSSR count). The van der Waals surface area contributed by atoms with Gasteiger partial charge in [-0.3, -0.25) is 9.59 Å². The zero-order valence-electron chi connectivity index (χ0n) is 16.0. The number of H-pyrrole nitrogens is 1. The number of rotatable bonds is 7. The lowest BCUT2D eigenvalue weighted by Gasteiger charge is -2.09. The molecule has 0 fully saturated rings. The van der Waals surface area contributed by atoms with Crippen LogP contribution in [0.1, 0.15) is 12.3 Å². The Morgan fingerprint density at radius 2 is 1.81 bits per heavy atom. The van der Waals surface area contributed by atoms with Crippen molar-refractivity contribution in [2.24, 2.45) is 0 Å². The maximum Gasteiger partial charge on any atom is 0.272 e. The molecule has 2 heterocycles. The van der Waals surface area contributed by atoms with Gasteiger partial charge in [0.15, 0.2) is 5.82 Å². The Morgan fingerprint density at radius 1 is 1.06 bits per heavy atom. The molecule has 0 aliphatic heterocycles. The van der Waals surface area contributed by atoms with Crippen molar-refractivity contribution in [1.29, 1.82) is 0 Å². The number of aromatic nitrogens is 4. The Bertz CT molecular complexity index is 1280. The van der Waals surface area contributed by atoms with Crippen molar-refractivity contribution in [2.45, 2.75) is 12.8 Å². The van der Waals surface area contributed by atoms with Gasteiger partial charge in [0.1, 0.15) is 0 Å². The van der Waals surface area contributed by atoms with E-state index in [1.54, 1.807) is 36.4 Å². The number of nitrogens with zero attached hydrogens (tertiary/aromatic N) is 3. The van der Waals surface area contributed by atoms with Gasteiger partial charge < -0.3 is 15.2 Å². The zero-order valence-corrected chi connectivity index (χ0v) is 17.5. The number of fused-ring (bicyclic) bond motifs is 1. The summed E-state index contributed by atoms with van der Waals surface area (Å²) >= 11 is 12.3. The number of halogens is 2. The fourth-order valence-corrected chi connectivity index (χ4v) is 3.52. The van der Waals surface area contributed by atoms with E-state index in [4.69, 9.17) is 27.7 Å². The Morgan fingerprint density at radius 3 is 2.58 bits per heavy atom. The van der Waals surface area contributed by atoms with Gasteiger partial charge in [-0.25, -0.2) is 5.10 Å². The summed E-state index contributed by atoms with van der Waals surface area (Å²) < 4.78 is 5.19. The maximum absolute atomic E-state index is 12.1. The molecule has 0 unspecified atom stereocenters. The summed E-state index contributed by atoms with van der Waals surface area (Å²) in [7, 11) is 0. The number of benzene rings is 2. The van der Waals surface area contributed by atoms with E-state index >= 15 is 0 Å². The van der Waals surface area contributed by atoms with Crippen molar-refractivity contribution in [3.05, 3.63) is 68.8 Å². The SMILES string of the molecule is O=C(CCc1nc(-c2c(Cl)cccc2Cl)no1)NCNc1n[nH]c(=O)c2ccccc12. The van der Waals surface area contributed by atoms with E-state index in [-0.39, 0.29) is 36.8 Å². The van der Waals surface area contributed by atoms with E-state index in [1.807, 2.05) is 6.07 Å². The molecule has 0 radical (unpaired) electrons. The van der Waals surface area contributed by atoms with Crippen LogP contribution in [0.15, 0.2) is 51.8 Å². The summed E-state index contributed by atoms with van der Waals surface area (Å²) in [5.41, 5.74) is 0.206. The lowest BCUT2D eigenvalue weighted by atomic mass is 10.2. The lowest BCUT2D eigenvalue weighted by Crippen LogP contribution is -2.29. The van der Waals surface area contributed by atoms with Crippen LogP contribution in [0.5, 0.6) is 0 Å². The quantitative estimate of drug-likeness (QED) is 0.362. The molecule has 3 N–H and O–H groups in total. The normalized spacial score (nSPS) is 10.9. The third kappa shape index (κ3) is 4.68. The van der Waals surface area contributed by atoms with Crippen molar-refractivity contribution < 1.29 is 9.32 Å². The fraction of sp³-hybridized carbons (Fsp3) is 0.150. The van der Waals surface area contributed by atoms with Gasteiger partial charge >= 0.3 is 0 Å². The van der Waals surface area contributed by atoms with Crippen molar-refractivity contribution in [3.63, 3.8) is 0 Å². The van der Waals surface area contributed by atoms with Gasteiger partial charge in [0.25, 0.3) is 5.56 Å². The Labute approximate surface area is 185 Å². The third-order valence-corrected chi connectivity index (χ3v) is 5.09. The van der Waals surface area contributed by atoms with Crippen LogP contribution in [0, 0.1) is 0 Å². The van der Waals surface area contributed by atoms with Crippen LogP contribution in [-0.4, -0.2) is 32.9 Å². The average Bonchev–Trinajstić information content (AvgIpc) is 3.22. The molecule has 0 saturated carbocycles. The van der Waals surface area contributed by atoms with Crippen molar-refractivity contribution in [3.8, 4) is 11.4 Å². The Balaban J connectivity index is 1.31. The highest BCUT2D eigenvalue weighted by Gasteiger charge is 2.16. The molecule has 0 spiro atoms. The fourth-order valence-electron chi connectivity index (χ4n) is 2.95. The van der Waals surface area contributed by atoms with Gasteiger partial charge in [-0.2, -0.15) is 10.1 Å². The number of anilines is 1. The Hall–Kier alpha value is -3.43. The highest BCUT2D eigenvalue weighted by Crippen LogP contribution is 2.32. The summed E-state index contributed by atoms with van der Waals surface area (Å²) in [5, 5.41) is 18.0. The maximum atomic E-state index is 12.1. The standard InChI is InChI=1S/C20H16Cl2N6O3/c21-13-6-3-7-14(22)17(13)19-25-16(31-28-19)9-8-15(29)23-10-24-18-11-4-1-2-5-12(11)20(30)27-26-18/h1-7H,8-10H2,(H,23,29)(H,24,26)(H,27,30). The molecule has 0 aliphatic rings. The van der Waals surface area contributed by atoms with Crippen LogP contribution in [0.2, 0.25) is 10.0 Å². The van der Waals surface area contributed by atoms with Crippen LogP contribution >= 0.6 is 23.2 Å². The topological polar surface area (TPSA) is 126 Å². The Kier molecular flexibility index (Phi) is 6.15. The summed E-state index contributed by atoms with van der Waals surface area (Å²) in [5.74, 6) is 0.802. The summed E-state index contributed by atoms with van der Waals surface area (Å²) in [6.07, 6.45) is 0.389. The van der Waals surface area contributed by atoms with E-state index in [0.717, 1.165) is 0 Å². The highest BCUT2D eigenvalue weighted by atomic mass is 35.5. The number of amides is 1. The monoisotopic (exact) mass is 458 g/mol. The largest absolute Gasteiger partial charge is 0.351 e. The lowest BCUT2D eigenvalue weighted by molar-refractivity contribution is -0.121. The minimum Gasteiger partial charge on any atom is -0.351 e. The van der Waals surface area contributed by atoms with Gasteiger partial charge in [0, 0.05) is 18.2 Å². The number of aromatic amines is 1. The van der Waals surface area contributed by atoms with E-state index in [9.17, 15) is 9.59 Å². The predicted molar refractivity (Wildman–Crippen MR) is 117 cm³/mol. The molecule has 11 heteroatoms. The smallest absolute Gasteiger partial charge is 0.272 e. The highest BCUT2D eigenvalue weighted by molar-refractivity contribution is 6.38. The van der Waals surface area contributed by atoms with Crippen molar-refractivity contribution >= 4 is 45.7 Å². The number of carbonyl (C=O) groups is 1. The molecule has 0 saturated heterocycles. The van der Waals surface area contributed by atoms with Crippen LogP contribution in [-0.2, 0) is 11.2 Å². The second kappa shape index (κ2) is 9.15. The first kappa shape index (κ1) is 20.8. The van der Waals surface area contributed by atoms with Crippen molar-refractivity contribution in [2.75, 3.05) is 12.0 Å². The number of carbonyl (C=O) groups excluding carboxylic acids is 1. The molecule has 4 aromatic rings. The minimum atomic E-state index is -0.276. The minimum absolute atomic E-state index is 0.131. The zero-order chi connectivity index (χ0) is 21.8. The number of nitrogens with one attached hydrogen (secondary N) is 3. The third-order valence-electron chi connectivity index (χ3n) is 4.46. The molecule has 1 amide bonds. The first-order valence-electron chi connectivity index (χ1n) is 9.28. The molecule has 0 atom stereocenters. The van der Waals surface area contributed by atoms with Crippen LogP contribution in [0.3, 0.4) is 0 Å². The molecule has 158 valence electrons. The first-order chi connectivity index (χ1) is 15.0. The van der Waals surface area contributed by atoms with Crippen LogP contribution in [0.25, 0.3) is 22.2 Å². The number of hydrogen-bond acceptors (Lipinski definition) is 7. The molecule has 0 aliphatic carbocycles. The molecule has 0 bridgehead atoms. The van der Waals surface area contributed by atoms with E-state index < -0.39 is 0 Å². The predicted octanol–water partition coefficient (Wildman–Crippen LogP) is 3.40. The van der Waals surface area contributed by atoms with E-state index in [1.165, 1.54) is 0 Å². The van der Waals surface area contributed by atoms with Crippen molar-refractivity contribution in [1.82, 2.24) is 25.7 Å². The second-order valence-electron chi connectivity index (χ2n) is 6.51. The molecule has 2 aromatic heterocycles. The van der Waals surface area contributed by atoms with Gasteiger partial charge in [0.2, 0.25) is 17.6 Å². The number of aryl methyl sites for hydroxylation is 1. The van der Waals surface area contributed by atoms with E-state index in [0.29, 0.717) is 38.1 Å².